The summed E-state index contributed by atoms with van der Waals surface area (Å²) in [7, 11) is 1.69. The predicted octanol–water partition coefficient (Wildman–Crippen LogP) is -0.0470. The van der Waals surface area contributed by atoms with Crippen LogP contribution in [0, 0.1) is 24.0 Å². The zero-order valence-corrected chi connectivity index (χ0v) is 8.96. The number of aryl methyl sites for hydroxylation is 3. The molecule has 0 atom stereocenters. The quantitative estimate of drug-likeness (QED) is 0.499. The zero-order chi connectivity index (χ0) is 12.0. The van der Waals surface area contributed by atoms with E-state index in [-0.39, 0.29) is 5.69 Å². The molecular weight excluding hydrogens is 214 g/mol. The Morgan fingerprint density at radius 1 is 1.38 bits per heavy atom. The van der Waals surface area contributed by atoms with Crippen LogP contribution < -0.4 is 5.56 Å². The van der Waals surface area contributed by atoms with Crippen LogP contribution in [0.3, 0.4) is 0 Å². The Kier molecular flexibility index (Phi) is 2.00. The fourth-order valence-corrected chi connectivity index (χ4v) is 1.47. The van der Waals surface area contributed by atoms with Gasteiger partial charge in [0.2, 0.25) is 5.78 Å². The van der Waals surface area contributed by atoms with Crippen LogP contribution >= 0.6 is 0 Å². The van der Waals surface area contributed by atoms with Crippen LogP contribution in [0.15, 0.2) is 4.79 Å². The van der Waals surface area contributed by atoms with Crippen molar-refractivity contribution < 1.29 is 4.92 Å². The Hall–Kier alpha value is -2.25. The third-order valence-corrected chi connectivity index (χ3v) is 2.41. The number of hydrogen-bond acceptors (Lipinski definition) is 5. The van der Waals surface area contributed by atoms with Gasteiger partial charge in [-0.3, -0.25) is 14.9 Å². The third kappa shape index (κ3) is 1.19. The van der Waals surface area contributed by atoms with E-state index in [0.29, 0.717) is 11.6 Å². The molecule has 0 amide bonds. The molecule has 2 heterocycles. The molecule has 2 aromatic heterocycles. The number of rotatable bonds is 1. The van der Waals surface area contributed by atoms with Crippen molar-refractivity contribution in [1.82, 2.24) is 19.2 Å². The van der Waals surface area contributed by atoms with Gasteiger partial charge in [-0.05, 0) is 13.8 Å². The summed E-state index contributed by atoms with van der Waals surface area (Å²) in [5, 5.41) is 14.6. The van der Waals surface area contributed by atoms with Gasteiger partial charge < -0.3 is 4.57 Å². The predicted molar refractivity (Wildman–Crippen MR) is 54.4 cm³/mol. The summed E-state index contributed by atoms with van der Waals surface area (Å²) in [5.74, 6) is 0.857. The average Bonchev–Trinajstić information content (AvgIpc) is 2.45. The SMILES string of the molecule is Cc1nc2n(C)c(C)nn2c(=O)c1[N+](=O)[O-]. The summed E-state index contributed by atoms with van der Waals surface area (Å²) in [6.45, 7) is 3.12. The van der Waals surface area contributed by atoms with Crippen LogP contribution in [0.1, 0.15) is 11.5 Å². The van der Waals surface area contributed by atoms with Gasteiger partial charge in [0.25, 0.3) is 0 Å². The molecule has 2 rings (SSSR count). The van der Waals surface area contributed by atoms with Crippen molar-refractivity contribution in [1.29, 1.82) is 0 Å². The molecule has 16 heavy (non-hydrogen) atoms. The number of aromatic nitrogens is 4. The molecule has 0 bridgehead atoms. The molecule has 0 aliphatic rings. The van der Waals surface area contributed by atoms with Crippen molar-refractivity contribution in [2.75, 3.05) is 0 Å². The highest BCUT2D eigenvalue weighted by molar-refractivity contribution is 5.40. The highest BCUT2D eigenvalue weighted by atomic mass is 16.6. The van der Waals surface area contributed by atoms with E-state index >= 15 is 0 Å². The molecule has 0 aliphatic heterocycles. The second-order valence-corrected chi connectivity index (χ2v) is 3.43. The molecule has 0 saturated carbocycles. The van der Waals surface area contributed by atoms with E-state index in [4.69, 9.17) is 0 Å². The summed E-state index contributed by atoms with van der Waals surface area (Å²) in [4.78, 5) is 25.7. The maximum absolute atomic E-state index is 11.8. The first kappa shape index (κ1) is 10.3. The van der Waals surface area contributed by atoms with E-state index in [2.05, 4.69) is 10.1 Å². The average molecular weight is 223 g/mol. The minimum atomic E-state index is -0.754. The van der Waals surface area contributed by atoms with Gasteiger partial charge in [0.15, 0.2) is 0 Å². The first-order valence-electron chi connectivity index (χ1n) is 4.51. The van der Waals surface area contributed by atoms with Crippen LogP contribution in [0.2, 0.25) is 0 Å². The van der Waals surface area contributed by atoms with Gasteiger partial charge in [-0.2, -0.15) is 4.52 Å². The smallest absolute Gasteiger partial charge is 0.300 e. The van der Waals surface area contributed by atoms with E-state index in [1.54, 1.807) is 18.5 Å². The lowest BCUT2D eigenvalue weighted by Gasteiger charge is -1.97. The molecule has 2 aromatic rings. The van der Waals surface area contributed by atoms with Gasteiger partial charge in [-0.1, -0.05) is 0 Å². The Balaban J connectivity index is 3.01. The van der Waals surface area contributed by atoms with E-state index < -0.39 is 16.2 Å². The normalized spacial score (nSPS) is 10.9. The number of nitro groups is 1. The second-order valence-electron chi connectivity index (χ2n) is 3.43. The first-order chi connectivity index (χ1) is 7.43. The van der Waals surface area contributed by atoms with Crippen molar-refractivity contribution >= 4 is 11.5 Å². The van der Waals surface area contributed by atoms with Gasteiger partial charge in [0.05, 0.1) is 4.92 Å². The Morgan fingerprint density at radius 3 is 2.56 bits per heavy atom. The molecule has 0 aromatic carbocycles. The van der Waals surface area contributed by atoms with Crippen molar-refractivity contribution in [3.63, 3.8) is 0 Å². The minimum absolute atomic E-state index is 0.0954. The van der Waals surface area contributed by atoms with Crippen LogP contribution in [0.4, 0.5) is 5.69 Å². The highest BCUT2D eigenvalue weighted by Crippen LogP contribution is 2.10. The molecule has 0 fully saturated rings. The molecule has 0 radical (unpaired) electrons. The fourth-order valence-electron chi connectivity index (χ4n) is 1.47. The van der Waals surface area contributed by atoms with Gasteiger partial charge in [0, 0.05) is 7.05 Å². The number of hydrogen-bond donors (Lipinski definition) is 0. The van der Waals surface area contributed by atoms with Gasteiger partial charge in [-0.25, -0.2) is 4.98 Å². The molecule has 84 valence electrons. The van der Waals surface area contributed by atoms with Crippen molar-refractivity contribution in [2.24, 2.45) is 7.05 Å². The van der Waals surface area contributed by atoms with Gasteiger partial charge in [-0.15, -0.1) is 5.10 Å². The van der Waals surface area contributed by atoms with E-state index in [1.807, 2.05) is 0 Å². The third-order valence-electron chi connectivity index (χ3n) is 2.41. The summed E-state index contributed by atoms with van der Waals surface area (Å²) in [6.07, 6.45) is 0. The summed E-state index contributed by atoms with van der Waals surface area (Å²) in [5.41, 5.74) is -1.19. The maximum atomic E-state index is 11.8. The first-order valence-corrected chi connectivity index (χ1v) is 4.51. The molecule has 0 spiro atoms. The number of nitrogens with zero attached hydrogens (tertiary/aromatic N) is 5. The molecule has 8 heteroatoms. The summed E-state index contributed by atoms with van der Waals surface area (Å²) in [6, 6.07) is 0. The second kappa shape index (κ2) is 3.12. The van der Waals surface area contributed by atoms with Crippen LogP contribution in [-0.4, -0.2) is 24.1 Å². The lowest BCUT2D eigenvalue weighted by molar-refractivity contribution is -0.387. The molecule has 0 unspecified atom stereocenters. The monoisotopic (exact) mass is 223 g/mol. The maximum Gasteiger partial charge on any atom is 0.357 e. The topological polar surface area (TPSA) is 95.3 Å². The Bertz CT molecular complexity index is 654. The summed E-state index contributed by atoms with van der Waals surface area (Å²) >= 11 is 0. The fraction of sp³-hybridized carbons (Fsp3) is 0.375. The zero-order valence-electron chi connectivity index (χ0n) is 8.96. The van der Waals surface area contributed by atoms with E-state index in [9.17, 15) is 14.9 Å². The lowest BCUT2D eigenvalue weighted by Crippen LogP contribution is -2.20. The van der Waals surface area contributed by atoms with Crippen molar-refractivity contribution in [2.45, 2.75) is 13.8 Å². The molecule has 0 saturated heterocycles. The van der Waals surface area contributed by atoms with Gasteiger partial charge in [0.1, 0.15) is 11.5 Å². The standard InChI is InChI=1S/C8H9N5O3/c1-4-6(13(15)16)7(14)12-8(9-4)11(3)5(2)10-12/h1-3H3. The lowest BCUT2D eigenvalue weighted by atomic mass is 10.4. The highest BCUT2D eigenvalue weighted by Gasteiger charge is 2.22. The van der Waals surface area contributed by atoms with Crippen LogP contribution in [0.5, 0.6) is 0 Å². The van der Waals surface area contributed by atoms with Gasteiger partial charge >= 0.3 is 11.2 Å². The van der Waals surface area contributed by atoms with E-state index in [1.165, 1.54) is 6.92 Å². The van der Waals surface area contributed by atoms with Crippen molar-refractivity contribution in [3.05, 3.63) is 32.0 Å². The largest absolute Gasteiger partial charge is 0.357 e. The molecular formula is C8H9N5O3. The molecule has 0 aliphatic carbocycles. The van der Waals surface area contributed by atoms with Crippen molar-refractivity contribution in [3.8, 4) is 0 Å². The molecule has 0 N–H and O–H groups in total. The van der Waals surface area contributed by atoms with Crippen LogP contribution in [-0.2, 0) is 7.05 Å². The Labute approximate surface area is 89.3 Å². The summed E-state index contributed by atoms with van der Waals surface area (Å²) < 4.78 is 2.54. The molecule has 8 nitrogen and oxygen atoms in total. The Morgan fingerprint density at radius 2 is 2.00 bits per heavy atom. The van der Waals surface area contributed by atoms with Crippen LogP contribution in [0.25, 0.3) is 5.78 Å². The number of fused-ring (bicyclic) bond motifs is 1. The minimum Gasteiger partial charge on any atom is -0.300 e. The van der Waals surface area contributed by atoms with E-state index in [0.717, 1.165) is 4.52 Å².